The molecule has 1 saturated carbocycles. The summed E-state index contributed by atoms with van der Waals surface area (Å²) in [7, 11) is 0. The van der Waals surface area contributed by atoms with E-state index < -0.39 is 0 Å². The maximum absolute atomic E-state index is 11.0. The Morgan fingerprint density at radius 2 is 2.16 bits per heavy atom. The molecule has 0 bridgehead atoms. The van der Waals surface area contributed by atoms with Gasteiger partial charge in [0.05, 0.1) is 10.7 Å². The predicted octanol–water partition coefficient (Wildman–Crippen LogP) is 4.29. The Morgan fingerprint density at radius 3 is 2.68 bits per heavy atom. The quantitative estimate of drug-likeness (QED) is 0.867. The van der Waals surface area contributed by atoms with Gasteiger partial charge in [0.15, 0.2) is 0 Å². The van der Waals surface area contributed by atoms with Gasteiger partial charge in [-0.2, -0.15) is 0 Å². The highest BCUT2D eigenvalue weighted by Gasteiger charge is 2.34. The molecular weight excluding hydrogens is 260 g/mol. The summed E-state index contributed by atoms with van der Waals surface area (Å²) in [4.78, 5) is 11.0. The van der Waals surface area contributed by atoms with Crippen molar-refractivity contribution in [2.45, 2.75) is 46.1 Å². The van der Waals surface area contributed by atoms with Crippen molar-refractivity contribution >= 4 is 28.9 Å². The zero-order valence-electron chi connectivity index (χ0n) is 11.7. The first-order valence-electron chi connectivity index (χ1n) is 6.72. The molecule has 3 nitrogen and oxygen atoms in total. The molecule has 2 rings (SSSR count). The van der Waals surface area contributed by atoms with E-state index in [2.05, 4.69) is 24.5 Å². The smallest absolute Gasteiger partial charge is 0.221 e. The molecule has 1 amide bonds. The summed E-state index contributed by atoms with van der Waals surface area (Å²) in [6, 6.07) is 6.16. The molecule has 1 unspecified atom stereocenters. The van der Waals surface area contributed by atoms with E-state index in [1.54, 1.807) is 0 Å². The number of benzene rings is 1. The van der Waals surface area contributed by atoms with Gasteiger partial charge in [-0.1, -0.05) is 31.9 Å². The SMILES string of the molecule is CC(=O)Nc1ccc(NC2CCCC2(C)C)cc1Cl. The Morgan fingerprint density at radius 1 is 1.42 bits per heavy atom. The molecule has 104 valence electrons. The number of amides is 1. The van der Waals surface area contributed by atoms with E-state index in [-0.39, 0.29) is 5.91 Å². The Hall–Kier alpha value is -1.22. The summed E-state index contributed by atoms with van der Waals surface area (Å²) in [6.45, 7) is 6.07. The molecule has 4 heteroatoms. The molecule has 0 heterocycles. The third kappa shape index (κ3) is 3.41. The van der Waals surface area contributed by atoms with Gasteiger partial charge < -0.3 is 10.6 Å². The number of hydrogen-bond donors (Lipinski definition) is 2. The fraction of sp³-hybridized carbons (Fsp3) is 0.533. The Labute approximate surface area is 119 Å². The van der Waals surface area contributed by atoms with Gasteiger partial charge in [0, 0.05) is 18.7 Å². The van der Waals surface area contributed by atoms with Crippen LogP contribution < -0.4 is 10.6 Å². The minimum absolute atomic E-state index is 0.112. The molecule has 0 aromatic heterocycles. The summed E-state index contributed by atoms with van der Waals surface area (Å²) < 4.78 is 0. The zero-order valence-corrected chi connectivity index (χ0v) is 12.5. The third-order valence-corrected chi connectivity index (χ3v) is 4.19. The van der Waals surface area contributed by atoms with E-state index in [1.807, 2.05) is 18.2 Å². The highest BCUT2D eigenvalue weighted by molar-refractivity contribution is 6.34. The minimum Gasteiger partial charge on any atom is -0.382 e. The van der Waals surface area contributed by atoms with Crippen LogP contribution in [-0.4, -0.2) is 11.9 Å². The molecule has 1 aliphatic rings. The number of anilines is 2. The Balaban J connectivity index is 2.10. The van der Waals surface area contributed by atoms with Gasteiger partial charge in [0.25, 0.3) is 0 Å². The average molecular weight is 281 g/mol. The second kappa shape index (κ2) is 5.41. The van der Waals surface area contributed by atoms with Gasteiger partial charge in [-0.3, -0.25) is 4.79 Å². The lowest BCUT2D eigenvalue weighted by atomic mass is 9.87. The van der Waals surface area contributed by atoms with Crippen LogP contribution in [0.25, 0.3) is 0 Å². The van der Waals surface area contributed by atoms with Crippen LogP contribution in [0.15, 0.2) is 18.2 Å². The van der Waals surface area contributed by atoms with E-state index in [4.69, 9.17) is 11.6 Å². The van der Waals surface area contributed by atoms with Gasteiger partial charge in [-0.05, 0) is 36.5 Å². The first kappa shape index (κ1) is 14.2. The van der Waals surface area contributed by atoms with Crippen LogP contribution in [0, 0.1) is 5.41 Å². The van der Waals surface area contributed by atoms with E-state index in [0.29, 0.717) is 22.2 Å². The Kier molecular flexibility index (Phi) is 4.04. The Bertz CT molecular complexity index is 485. The summed E-state index contributed by atoms with van der Waals surface area (Å²) in [5, 5.41) is 6.83. The standard InChI is InChI=1S/C15H21ClN2O/c1-10(19)17-13-7-6-11(9-12(13)16)18-14-5-4-8-15(14,2)3/h6-7,9,14,18H,4-5,8H2,1-3H3,(H,17,19). The average Bonchev–Trinajstić information content (AvgIpc) is 2.62. The molecule has 2 N–H and O–H groups in total. The lowest BCUT2D eigenvalue weighted by Gasteiger charge is -2.29. The molecule has 0 saturated heterocycles. The van der Waals surface area contributed by atoms with Gasteiger partial charge >= 0.3 is 0 Å². The first-order chi connectivity index (χ1) is 8.88. The molecule has 1 aromatic carbocycles. The van der Waals surface area contributed by atoms with Crippen molar-refractivity contribution in [2.75, 3.05) is 10.6 Å². The van der Waals surface area contributed by atoms with Gasteiger partial charge in [0.1, 0.15) is 0 Å². The third-order valence-electron chi connectivity index (χ3n) is 3.88. The van der Waals surface area contributed by atoms with Crippen LogP contribution >= 0.6 is 11.6 Å². The minimum atomic E-state index is -0.112. The van der Waals surface area contributed by atoms with E-state index >= 15 is 0 Å². The molecule has 1 atom stereocenters. The van der Waals surface area contributed by atoms with Crippen LogP contribution in [-0.2, 0) is 4.79 Å². The van der Waals surface area contributed by atoms with Crippen molar-refractivity contribution in [3.05, 3.63) is 23.2 Å². The van der Waals surface area contributed by atoms with Crippen LogP contribution in [0.5, 0.6) is 0 Å². The van der Waals surface area contributed by atoms with Crippen molar-refractivity contribution in [3.8, 4) is 0 Å². The zero-order chi connectivity index (χ0) is 14.0. The second-order valence-electron chi connectivity index (χ2n) is 5.95. The van der Waals surface area contributed by atoms with Crippen LogP contribution in [0.3, 0.4) is 0 Å². The van der Waals surface area contributed by atoms with Gasteiger partial charge in [-0.25, -0.2) is 0 Å². The molecule has 0 aliphatic heterocycles. The number of nitrogens with one attached hydrogen (secondary N) is 2. The summed E-state index contributed by atoms with van der Waals surface area (Å²) in [5.74, 6) is -0.112. The highest BCUT2D eigenvalue weighted by Crippen LogP contribution is 2.39. The first-order valence-corrected chi connectivity index (χ1v) is 7.10. The fourth-order valence-corrected chi connectivity index (χ4v) is 2.92. The number of carbonyl (C=O) groups is 1. The van der Waals surface area contributed by atoms with Crippen molar-refractivity contribution in [2.24, 2.45) is 5.41 Å². The van der Waals surface area contributed by atoms with Crippen LogP contribution in [0.4, 0.5) is 11.4 Å². The summed E-state index contributed by atoms with van der Waals surface area (Å²) in [6.07, 6.45) is 3.71. The summed E-state index contributed by atoms with van der Waals surface area (Å²) >= 11 is 6.18. The summed E-state index contributed by atoms with van der Waals surface area (Å²) in [5.41, 5.74) is 1.99. The molecule has 0 radical (unpaired) electrons. The number of hydrogen-bond acceptors (Lipinski definition) is 2. The van der Waals surface area contributed by atoms with Gasteiger partial charge in [0.2, 0.25) is 5.91 Å². The highest BCUT2D eigenvalue weighted by atomic mass is 35.5. The molecule has 1 fully saturated rings. The van der Waals surface area contributed by atoms with Crippen molar-refractivity contribution in [1.82, 2.24) is 0 Å². The molecule has 0 spiro atoms. The normalized spacial score (nSPS) is 21.2. The number of halogens is 1. The maximum Gasteiger partial charge on any atom is 0.221 e. The maximum atomic E-state index is 11.0. The van der Waals surface area contributed by atoms with Crippen molar-refractivity contribution < 1.29 is 4.79 Å². The predicted molar refractivity (Wildman–Crippen MR) is 80.8 cm³/mol. The van der Waals surface area contributed by atoms with Gasteiger partial charge in [-0.15, -0.1) is 0 Å². The van der Waals surface area contributed by atoms with Crippen LogP contribution in [0.2, 0.25) is 5.02 Å². The van der Waals surface area contributed by atoms with Crippen molar-refractivity contribution in [3.63, 3.8) is 0 Å². The van der Waals surface area contributed by atoms with E-state index in [0.717, 1.165) is 5.69 Å². The number of rotatable bonds is 3. The molecule has 1 aromatic rings. The lowest BCUT2D eigenvalue weighted by Crippen LogP contribution is -2.30. The number of carbonyl (C=O) groups excluding carboxylic acids is 1. The monoisotopic (exact) mass is 280 g/mol. The fourth-order valence-electron chi connectivity index (χ4n) is 2.69. The topological polar surface area (TPSA) is 41.1 Å². The van der Waals surface area contributed by atoms with E-state index in [1.165, 1.54) is 26.2 Å². The van der Waals surface area contributed by atoms with E-state index in [9.17, 15) is 4.79 Å². The molecule has 1 aliphatic carbocycles. The molecular formula is C15H21ClN2O. The second-order valence-corrected chi connectivity index (χ2v) is 6.36. The lowest BCUT2D eigenvalue weighted by molar-refractivity contribution is -0.114. The van der Waals surface area contributed by atoms with Crippen LogP contribution in [0.1, 0.15) is 40.0 Å². The molecule has 19 heavy (non-hydrogen) atoms. The largest absolute Gasteiger partial charge is 0.382 e. The van der Waals surface area contributed by atoms with Crippen molar-refractivity contribution in [1.29, 1.82) is 0 Å².